The number of rotatable bonds is 6. The van der Waals surface area contributed by atoms with Gasteiger partial charge in [0.15, 0.2) is 0 Å². The van der Waals surface area contributed by atoms with Crippen LogP contribution < -0.4 is 5.32 Å². The van der Waals surface area contributed by atoms with Crippen molar-refractivity contribution >= 4 is 5.69 Å². The third kappa shape index (κ3) is 4.02. The van der Waals surface area contributed by atoms with Gasteiger partial charge in [-0.25, -0.2) is 8.78 Å². The van der Waals surface area contributed by atoms with E-state index in [1.54, 1.807) is 0 Å². The van der Waals surface area contributed by atoms with Gasteiger partial charge in [-0.1, -0.05) is 37.6 Å². The van der Waals surface area contributed by atoms with E-state index in [1.807, 2.05) is 24.3 Å². The standard InChI is InChI=1S/C17H19F2NO/c1-2-5-12-6-3-4-7-16(12)20-11-17(21)14-9-8-13(18)10-15(14)19/h3-4,6-10,17,20-21H,2,5,11H2,1H3. The number of aliphatic hydroxyl groups excluding tert-OH is 1. The van der Waals surface area contributed by atoms with E-state index in [9.17, 15) is 13.9 Å². The normalized spacial score (nSPS) is 12.2. The Hall–Kier alpha value is -1.94. The fourth-order valence-electron chi connectivity index (χ4n) is 2.27. The highest BCUT2D eigenvalue weighted by atomic mass is 19.1. The van der Waals surface area contributed by atoms with Crippen molar-refractivity contribution < 1.29 is 13.9 Å². The maximum absolute atomic E-state index is 13.6. The summed E-state index contributed by atoms with van der Waals surface area (Å²) < 4.78 is 26.5. The molecule has 0 fully saturated rings. The molecule has 0 saturated carbocycles. The fourth-order valence-corrected chi connectivity index (χ4v) is 2.27. The van der Waals surface area contributed by atoms with Gasteiger partial charge in [-0.2, -0.15) is 0 Å². The minimum atomic E-state index is -1.03. The first-order valence-corrected chi connectivity index (χ1v) is 7.06. The number of para-hydroxylation sites is 1. The average molecular weight is 291 g/mol. The molecule has 0 spiro atoms. The Morgan fingerprint density at radius 3 is 2.62 bits per heavy atom. The van der Waals surface area contributed by atoms with Crippen LogP contribution in [-0.2, 0) is 6.42 Å². The molecule has 2 aromatic rings. The van der Waals surface area contributed by atoms with Gasteiger partial charge in [0.2, 0.25) is 0 Å². The number of nitrogens with one attached hydrogen (secondary N) is 1. The van der Waals surface area contributed by atoms with Gasteiger partial charge >= 0.3 is 0 Å². The number of hydrogen-bond acceptors (Lipinski definition) is 2. The Morgan fingerprint density at radius 2 is 1.90 bits per heavy atom. The van der Waals surface area contributed by atoms with Crippen LogP contribution >= 0.6 is 0 Å². The maximum Gasteiger partial charge on any atom is 0.131 e. The molecule has 2 aromatic carbocycles. The van der Waals surface area contributed by atoms with Crippen LogP contribution in [0, 0.1) is 11.6 Å². The lowest BCUT2D eigenvalue weighted by molar-refractivity contribution is 0.186. The zero-order valence-corrected chi connectivity index (χ0v) is 11.9. The first-order chi connectivity index (χ1) is 10.1. The summed E-state index contributed by atoms with van der Waals surface area (Å²) in [4.78, 5) is 0. The Morgan fingerprint density at radius 1 is 1.14 bits per heavy atom. The van der Waals surface area contributed by atoms with Crippen molar-refractivity contribution in [3.8, 4) is 0 Å². The lowest BCUT2D eigenvalue weighted by Crippen LogP contribution is -2.14. The van der Waals surface area contributed by atoms with E-state index < -0.39 is 17.7 Å². The summed E-state index contributed by atoms with van der Waals surface area (Å²) in [5.41, 5.74) is 2.18. The topological polar surface area (TPSA) is 32.3 Å². The summed E-state index contributed by atoms with van der Waals surface area (Å²) in [5, 5.41) is 13.2. The lowest BCUT2D eigenvalue weighted by atomic mass is 10.1. The molecular formula is C17H19F2NO. The van der Waals surface area contributed by atoms with E-state index in [0.717, 1.165) is 36.2 Å². The van der Waals surface area contributed by atoms with Gasteiger partial charge in [0, 0.05) is 23.9 Å². The molecule has 0 bridgehead atoms. The third-order valence-corrected chi connectivity index (χ3v) is 3.34. The highest BCUT2D eigenvalue weighted by Gasteiger charge is 2.13. The van der Waals surface area contributed by atoms with E-state index in [-0.39, 0.29) is 12.1 Å². The van der Waals surface area contributed by atoms with Gasteiger partial charge in [-0.05, 0) is 24.1 Å². The van der Waals surface area contributed by atoms with Crippen LogP contribution in [0.5, 0.6) is 0 Å². The minimum absolute atomic E-state index is 0.0943. The molecule has 1 atom stereocenters. The van der Waals surface area contributed by atoms with Crippen molar-refractivity contribution in [3.63, 3.8) is 0 Å². The summed E-state index contributed by atoms with van der Waals surface area (Å²) in [5.74, 6) is -1.38. The molecule has 0 aliphatic carbocycles. The summed E-state index contributed by atoms with van der Waals surface area (Å²) in [6.45, 7) is 2.27. The molecule has 0 aliphatic heterocycles. The van der Waals surface area contributed by atoms with Gasteiger partial charge in [-0.15, -0.1) is 0 Å². The van der Waals surface area contributed by atoms with E-state index >= 15 is 0 Å². The molecule has 1 unspecified atom stereocenters. The summed E-state index contributed by atoms with van der Waals surface area (Å²) in [6.07, 6.45) is 0.929. The molecule has 2 nitrogen and oxygen atoms in total. The van der Waals surface area contributed by atoms with Crippen molar-refractivity contribution in [2.75, 3.05) is 11.9 Å². The largest absolute Gasteiger partial charge is 0.386 e. The highest BCUT2D eigenvalue weighted by molar-refractivity contribution is 5.51. The Kier molecular flexibility index (Phi) is 5.28. The predicted molar refractivity (Wildman–Crippen MR) is 80.2 cm³/mol. The lowest BCUT2D eigenvalue weighted by Gasteiger charge is -2.16. The maximum atomic E-state index is 13.6. The van der Waals surface area contributed by atoms with Crippen LogP contribution in [0.4, 0.5) is 14.5 Å². The number of halogens is 2. The monoisotopic (exact) mass is 291 g/mol. The summed E-state index contributed by atoms with van der Waals surface area (Å²) >= 11 is 0. The predicted octanol–water partition coefficient (Wildman–Crippen LogP) is 4.06. The second-order valence-corrected chi connectivity index (χ2v) is 4.97. The average Bonchev–Trinajstić information content (AvgIpc) is 2.46. The van der Waals surface area contributed by atoms with Gasteiger partial charge in [0.25, 0.3) is 0 Å². The fraction of sp³-hybridized carbons (Fsp3) is 0.294. The third-order valence-electron chi connectivity index (χ3n) is 3.34. The molecule has 0 radical (unpaired) electrons. The highest BCUT2D eigenvalue weighted by Crippen LogP contribution is 2.21. The first kappa shape index (κ1) is 15.4. The molecule has 0 heterocycles. The number of anilines is 1. The van der Waals surface area contributed by atoms with Crippen molar-refractivity contribution in [3.05, 3.63) is 65.2 Å². The number of benzene rings is 2. The SMILES string of the molecule is CCCc1ccccc1NCC(O)c1ccc(F)cc1F. The van der Waals surface area contributed by atoms with Crippen molar-refractivity contribution in [1.29, 1.82) is 0 Å². The quantitative estimate of drug-likeness (QED) is 0.841. The van der Waals surface area contributed by atoms with E-state index in [0.29, 0.717) is 0 Å². The van der Waals surface area contributed by atoms with Crippen LogP contribution in [0.3, 0.4) is 0 Å². The molecule has 0 aliphatic rings. The minimum Gasteiger partial charge on any atom is -0.386 e. The van der Waals surface area contributed by atoms with Gasteiger partial charge in [0.1, 0.15) is 11.6 Å². The molecule has 0 aromatic heterocycles. The van der Waals surface area contributed by atoms with Crippen molar-refractivity contribution in [2.45, 2.75) is 25.9 Å². The van der Waals surface area contributed by atoms with E-state index in [1.165, 1.54) is 6.07 Å². The van der Waals surface area contributed by atoms with Crippen molar-refractivity contribution in [2.24, 2.45) is 0 Å². The molecule has 0 amide bonds. The summed E-state index contributed by atoms with van der Waals surface area (Å²) in [6, 6.07) is 11.0. The zero-order chi connectivity index (χ0) is 15.2. The van der Waals surface area contributed by atoms with E-state index in [4.69, 9.17) is 0 Å². The molecule has 0 saturated heterocycles. The Balaban J connectivity index is 2.05. The Labute approximate surface area is 123 Å². The van der Waals surface area contributed by atoms with Crippen molar-refractivity contribution in [1.82, 2.24) is 0 Å². The van der Waals surface area contributed by atoms with Crippen LogP contribution in [-0.4, -0.2) is 11.7 Å². The second kappa shape index (κ2) is 7.18. The zero-order valence-electron chi connectivity index (χ0n) is 11.9. The molecule has 21 heavy (non-hydrogen) atoms. The van der Waals surface area contributed by atoms with Crippen LogP contribution in [0.2, 0.25) is 0 Å². The molecule has 4 heteroatoms. The first-order valence-electron chi connectivity index (χ1n) is 7.06. The van der Waals surface area contributed by atoms with Gasteiger partial charge in [0.05, 0.1) is 6.10 Å². The molecule has 2 N–H and O–H groups in total. The molecule has 112 valence electrons. The van der Waals surface area contributed by atoms with Gasteiger partial charge < -0.3 is 10.4 Å². The van der Waals surface area contributed by atoms with Crippen LogP contribution in [0.25, 0.3) is 0 Å². The second-order valence-electron chi connectivity index (χ2n) is 4.97. The number of aryl methyl sites for hydroxylation is 1. The number of hydrogen-bond donors (Lipinski definition) is 2. The molecular weight excluding hydrogens is 272 g/mol. The smallest absolute Gasteiger partial charge is 0.131 e. The van der Waals surface area contributed by atoms with Crippen LogP contribution in [0.1, 0.15) is 30.6 Å². The Bertz CT molecular complexity index is 601. The van der Waals surface area contributed by atoms with Gasteiger partial charge in [-0.3, -0.25) is 0 Å². The summed E-state index contributed by atoms with van der Waals surface area (Å²) in [7, 11) is 0. The van der Waals surface area contributed by atoms with Crippen LogP contribution in [0.15, 0.2) is 42.5 Å². The number of aliphatic hydroxyl groups is 1. The van der Waals surface area contributed by atoms with E-state index in [2.05, 4.69) is 12.2 Å². The molecule has 2 rings (SSSR count).